The van der Waals surface area contributed by atoms with Crippen molar-refractivity contribution in [3.8, 4) is 0 Å². The molecule has 116 valence electrons. The largest absolute Gasteiger partial charge is 0.385 e. The summed E-state index contributed by atoms with van der Waals surface area (Å²) in [5.74, 6) is 0.0527. The topological polar surface area (TPSA) is 48.5 Å². The molecule has 5 heteroatoms. The SMILES string of the molecule is CCNc1ccnc(C(=O)N2CCCN(C)CC2CC)c1. The fourth-order valence-corrected chi connectivity index (χ4v) is 2.87. The highest BCUT2D eigenvalue weighted by Crippen LogP contribution is 2.16. The summed E-state index contributed by atoms with van der Waals surface area (Å²) >= 11 is 0. The number of pyridine rings is 1. The third-order valence-electron chi connectivity index (χ3n) is 3.99. The van der Waals surface area contributed by atoms with Crippen LogP contribution < -0.4 is 5.32 Å². The molecule has 1 amide bonds. The molecule has 0 saturated carbocycles. The Morgan fingerprint density at radius 3 is 2.95 bits per heavy atom. The van der Waals surface area contributed by atoms with Crippen molar-refractivity contribution in [2.45, 2.75) is 32.7 Å². The first-order chi connectivity index (χ1) is 10.2. The van der Waals surface area contributed by atoms with E-state index >= 15 is 0 Å². The molecule has 21 heavy (non-hydrogen) atoms. The van der Waals surface area contributed by atoms with Gasteiger partial charge in [-0.2, -0.15) is 0 Å². The molecule has 0 aromatic carbocycles. The summed E-state index contributed by atoms with van der Waals surface area (Å²) in [5, 5.41) is 3.23. The van der Waals surface area contributed by atoms with Crippen LogP contribution in [-0.4, -0.2) is 60.0 Å². The first-order valence-electron chi connectivity index (χ1n) is 7.85. The van der Waals surface area contributed by atoms with Crippen molar-refractivity contribution < 1.29 is 4.79 Å². The number of anilines is 1. The van der Waals surface area contributed by atoms with E-state index in [1.165, 1.54) is 0 Å². The molecule has 1 aromatic rings. The van der Waals surface area contributed by atoms with Gasteiger partial charge in [-0.3, -0.25) is 9.78 Å². The van der Waals surface area contributed by atoms with E-state index in [1.807, 2.05) is 24.0 Å². The van der Waals surface area contributed by atoms with Crippen LogP contribution in [0, 0.1) is 0 Å². The Morgan fingerprint density at radius 2 is 2.24 bits per heavy atom. The first kappa shape index (κ1) is 15.8. The molecular weight excluding hydrogens is 264 g/mol. The van der Waals surface area contributed by atoms with Gasteiger partial charge in [0.05, 0.1) is 0 Å². The third-order valence-corrected chi connectivity index (χ3v) is 3.99. The molecule has 2 rings (SSSR count). The predicted octanol–water partition coefficient (Wildman–Crippen LogP) is 2.07. The second kappa shape index (κ2) is 7.41. The monoisotopic (exact) mass is 290 g/mol. The zero-order valence-corrected chi connectivity index (χ0v) is 13.3. The molecule has 1 aliphatic rings. The number of rotatable bonds is 4. The lowest BCUT2D eigenvalue weighted by atomic mass is 10.1. The average Bonchev–Trinajstić information content (AvgIpc) is 2.68. The van der Waals surface area contributed by atoms with Crippen molar-refractivity contribution in [1.82, 2.24) is 14.8 Å². The van der Waals surface area contributed by atoms with E-state index in [0.717, 1.165) is 44.7 Å². The van der Waals surface area contributed by atoms with Gasteiger partial charge in [-0.05, 0) is 45.5 Å². The van der Waals surface area contributed by atoms with Crippen LogP contribution in [-0.2, 0) is 0 Å². The molecule has 1 aliphatic heterocycles. The maximum Gasteiger partial charge on any atom is 0.272 e. The quantitative estimate of drug-likeness (QED) is 0.922. The number of aromatic nitrogens is 1. The van der Waals surface area contributed by atoms with E-state index in [1.54, 1.807) is 6.20 Å². The number of carbonyl (C=O) groups excluding carboxylic acids is 1. The maximum absolute atomic E-state index is 12.8. The van der Waals surface area contributed by atoms with Gasteiger partial charge >= 0.3 is 0 Å². The zero-order valence-electron chi connectivity index (χ0n) is 13.3. The lowest BCUT2D eigenvalue weighted by Gasteiger charge is -2.30. The van der Waals surface area contributed by atoms with Crippen LogP contribution in [0.1, 0.15) is 37.2 Å². The molecule has 1 atom stereocenters. The van der Waals surface area contributed by atoms with Crippen LogP contribution in [0.5, 0.6) is 0 Å². The van der Waals surface area contributed by atoms with Gasteiger partial charge in [-0.1, -0.05) is 6.92 Å². The second-order valence-corrected chi connectivity index (χ2v) is 5.64. The van der Waals surface area contributed by atoms with Crippen LogP contribution in [0.25, 0.3) is 0 Å². The molecule has 0 radical (unpaired) electrons. The van der Waals surface area contributed by atoms with E-state index in [2.05, 4.69) is 29.2 Å². The minimum atomic E-state index is 0.0527. The molecule has 1 aromatic heterocycles. The minimum absolute atomic E-state index is 0.0527. The summed E-state index contributed by atoms with van der Waals surface area (Å²) in [7, 11) is 2.13. The van der Waals surface area contributed by atoms with Gasteiger partial charge in [0.2, 0.25) is 0 Å². The summed E-state index contributed by atoms with van der Waals surface area (Å²) in [5.41, 5.74) is 1.49. The maximum atomic E-state index is 12.8. The Labute approximate surface area is 127 Å². The van der Waals surface area contributed by atoms with Crippen LogP contribution >= 0.6 is 0 Å². The number of likely N-dealkylation sites (N-methyl/N-ethyl adjacent to an activating group) is 1. The Hall–Kier alpha value is -1.62. The zero-order chi connectivity index (χ0) is 15.2. The Bertz CT molecular complexity index is 477. The van der Waals surface area contributed by atoms with Gasteiger partial charge < -0.3 is 15.1 Å². The number of amides is 1. The van der Waals surface area contributed by atoms with Crippen molar-refractivity contribution in [3.63, 3.8) is 0 Å². The first-order valence-corrected chi connectivity index (χ1v) is 7.85. The number of carbonyl (C=O) groups is 1. The Morgan fingerprint density at radius 1 is 1.43 bits per heavy atom. The molecule has 1 fully saturated rings. The van der Waals surface area contributed by atoms with Crippen LogP contribution in [0.4, 0.5) is 5.69 Å². The van der Waals surface area contributed by atoms with E-state index in [-0.39, 0.29) is 11.9 Å². The molecule has 5 nitrogen and oxygen atoms in total. The van der Waals surface area contributed by atoms with Gasteiger partial charge in [-0.25, -0.2) is 0 Å². The molecule has 0 bridgehead atoms. The normalized spacial score (nSPS) is 20.1. The molecule has 1 N–H and O–H groups in total. The fourth-order valence-electron chi connectivity index (χ4n) is 2.87. The summed E-state index contributed by atoms with van der Waals surface area (Å²) in [6.45, 7) is 7.82. The summed E-state index contributed by atoms with van der Waals surface area (Å²) < 4.78 is 0. The standard InChI is InChI=1S/C16H26N4O/c1-4-14-12-19(3)9-6-10-20(14)16(21)15-11-13(17-5-2)7-8-18-15/h7-8,11,14H,4-6,9-10,12H2,1-3H3,(H,17,18). The number of nitrogens with zero attached hydrogens (tertiary/aromatic N) is 3. The van der Waals surface area contributed by atoms with E-state index in [4.69, 9.17) is 0 Å². The summed E-state index contributed by atoms with van der Waals surface area (Å²) in [4.78, 5) is 21.4. The molecular formula is C16H26N4O. The lowest BCUT2D eigenvalue weighted by Crippen LogP contribution is -2.43. The number of hydrogen-bond donors (Lipinski definition) is 1. The van der Waals surface area contributed by atoms with E-state index in [9.17, 15) is 4.79 Å². The molecule has 1 saturated heterocycles. The molecule has 1 unspecified atom stereocenters. The van der Waals surface area contributed by atoms with Gasteiger partial charge in [0, 0.05) is 37.6 Å². The summed E-state index contributed by atoms with van der Waals surface area (Å²) in [6, 6.07) is 4.02. The van der Waals surface area contributed by atoms with E-state index in [0.29, 0.717) is 5.69 Å². The molecule has 2 heterocycles. The van der Waals surface area contributed by atoms with Gasteiger partial charge in [0.25, 0.3) is 5.91 Å². The van der Waals surface area contributed by atoms with Crippen molar-refractivity contribution in [3.05, 3.63) is 24.0 Å². The van der Waals surface area contributed by atoms with Crippen molar-refractivity contribution >= 4 is 11.6 Å². The lowest BCUT2D eigenvalue weighted by molar-refractivity contribution is 0.0669. The van der Waals surface area contributed by atoms with Gasteiger partial charge in [0.15, 0.2) is 0 Å². The highest BCUT2D eigenvalue weighted by Gasteiger charge is 2.27. The highest BCUT2D eigenvalue weighted by atomic mass is 16.2. The molecule has 0 aliphatic carbocycles. The number of nitrogens with one attached hydrogen (secondary N) is 1. The van der Waals surface area contributed by atoms with Crippen molar-refractivity contribution in [2.75, 3.05) is 38.5 Å². The Balaban J connectivity index is 2.18. The average molecular weight is 290 g/mol. The minimum Gasteiger partial charge on any atom is -0.385 e. The van der Waals surface area contributed by atoms with Gasteiger partial charge in [0.1, 0.15) is 5.69 Å². The van der Waals surface area contributed by atoms with Crippen LogP contribution in [0.2, 0.25) is 0 Å². The molecule has 0 spiro atoms. The second-order valence-electron chi connectivity index (χ2n) is 5.64. The highest BCUT2D eigenvalue weighted by molar-refractivity contribution is 5.93. The van der Waals surface area contributed by atoms with Crippen LogP contribution in [0.3, 0.4) is 0 Å². The van der Waals surface area contributed by atoms with E-state index < -0.39 is 0 Å². The van der Waals surface area contributed by atoms with Gasteiger partial charge in [-0.15, -0.1) is 0 Å². The van der Waals surface area contributed by atoms with Crippen molar-refractivity contribution in [1.29, 1.82) is 0 Å². The third kappa shape index (κ3) is 3.94. The van der Waals surface area contributed by atoms with Crippen molar-refractivity contribution in [2.24, 2.45) is 0 Å². The number of hydrogen-bond acceptors (Lipinski definition) is 4. The fraction of sp³-hybridized carbons (Fsp3) is 0.625. The smallest absolute Gasteiger partial charge is 0.272 e. The predicted molar refractivity (Wildman–Crippen MR) is 85.6 cm³/mol. The summed E-state index contributed by atoms with van der Waals surface area (Å²) in [6.07, 6.45) is 3.70. The Kier molecular flexibility index (Phi) is 5.56. The van der Waals surface area contributed by atoms with Crippen LogP contribution in [0.15, 0.2) is 18.3 Å².